The van der Waals surface area contributed by atoms with Gasteiger partial charge in [-0.3, -0.25) is 9.36 Å². The van der Waals surface area contributed by atoms with Crippen molar-refractivity contribution in [3.63, 3.8) is 0 Å². The maximum absolute atomic E-state index is 13.2. The predicted molar refractivity (Wildman–Crippen MR) is 119 cm³/mol. The van der Waals surface area contributed by atoms with Crippen molar-refractivity contribution in [1.82, 2.24) is 9.55 Å². The number of thiazole rings is 1. The molecule has 0 bridgehead atoms. The topological polar surface area (TPSA) is 97.7 Å². The van der Waals surface area contributed by atoms with Gasteiger partial charge in [0.05, 0.1) is 28.6 Å². The molecular weight excluding hydrogens is 436 g/mol. The summed E-state index contributed by atoms with van der Waals surface area (Å²) in [6.45, 7) is 1.73. The Morgan fingerprint density at radius 3 is 2.71 bits per heavy atom. The zero-order chi connectivity index (χ0) is 21.7. The molecule has 0 aliphatic rings. The molecule has 4 heterocycles. The van der Waals surface area contributed by atoms with E-state index in [1.807, 2.05) is 29.0 Å². The van der Waals surface area contributed by atoms with Gasteiger partial charge in [-0.05, 0) is 48.7 Å². The molecule has 0 saturated carbocycles. The molecule has 0 aliphatic heterocycles. The molecule has 0 fully saturated rings. The number of carbonyl (C=O) groups is 1. The molecule has 0 atom stereocenters. The molecule has 0 radical (unpaired) electrons. The summed E-state index contributed by atoms with van der Waals surface area (Å²) < 4.78 is 13.0. The Bertz CT molecular complexity index is 1430. The van der Waals surface area contributed by atoms with Crippen LogP contribution in [0.4, 0.5) is 0 Å². The third kappa shape index (κ3) is 3.09. The van der Waals surface area contributed by atoms with Crippen LogP contribution in [-0.2, 0) is 0 Å². The van der Waals surface area contributed by atoms with Crippen molar-refractivity contribution in [2.45, 2.75) is 6.92 Å². The van der Waals surface area contributed by atoms with E-state index >= 15 is 0 Å². The standard InChI is InChI=1S/C22H16N2O5S2/c1-11-3-6-15(29-11)19(25)17-18(12-7-8-30-10-12)24(21(27)20(17)26)22-23-14-5-4-13(28-2)9-16(14)31-22/h3-10,26-27H,1-2H3. The van der Waals surface area contributed by atoms with E-state index in [2.05, 4.69) is 4.98 Å². The van der Waals surface area contributed by atoms with E-state index in [4.69, 9.17) is 9.15 Å². The number of thiophene rings is 1. The van der Waals surface area contributed by atoms with Gasteiger partial charge in [0.2, 0.25) is 11.7 Å². The fraction of sp³-hybridized carbons (Fsp3) is 0.0909. The number of aromatic hydroxyl groups is 2. The second kappa shape index (κ2) is 7.29. The van der Waals surface area contributed by atoms with Gasteiger partial charge in [0.25, 0.3) is 0 Å². The minimum absolute atomic E-state index is 0.0397. The summed E-state index contributed by atoms with van der Waals surface area (Å²) in [6.07, 6.45) is 0. The van der Waals surface area contributed by atoms with E-state index in [0.29, 0.717) is 33.4 Å². The average Bonchev–Trinajstić information content (AvgIpc) is 3.54. The van der Waals surface area contributed by atoms with Crippen molar-refractivity contribution >= 4 is 38.7 Å². The summed E-state index contributed by atoms with van der Waals surface area (Å²) in [6, 6.07) is 10.5. The van der Waals surface area contributed by atoms with Gasteiger partial charge in [-0.25, -0.2) is 4.98 Å². The first kappa shape index (κ1) is 19.4. The number of methoxy groups -OCH3 is 1. The van der Waals surface area contributed by atoms with E-state index in [0.717, 1.165) is 4.70 Å². The van der Waals surface area contributed by atoms with Crippen LogP contribution in [0, 0.1) is 6.92 Å². The number of rotatable bonds is 5. The Labute approximate surface area is 184 Å². The van der Waals surface area contributed by atoms with Crippen LogP contribution in [0.5, 0.6) is 17.4 Å². The number of ether oxygens (including phenoxy) is 1. The molecule has 31 heavy (non-hydrogen) atoms. The highest BCUT2D eigenvalue weighted by molar-refractivity contribution is 7.20. The summed E-state index contributed by atoms with van der Waals surface area (Å²) in [5.74, 6) is -0.164. The number of ketones is 1. The summed E-state index contributed by atoms with van der Waals surface area (Å²) in [7, 11) is 1.59. The highest BCUT2D eigenvalue weighted by Gasteiger charge is 2.32. The number of furan rings is 1. The van der Waals surface area contributed by atoms with E-state index in [-0.39, 0.29) is 11.3 Å². The first-order chi connectivity index (χ1) is 15.0. The van der Waals surface area contributed by atoms with Gasteiger partial charge in [0, 0.05) is 10.9 Å². The molecule has 0 aliphatic carbocycles. The van der Waals surface area contributed by atoms with Crippen molar-refractivity contribution in [3.05, 3.63) is 64.2 Å². The average molecular weight is 453 g/mol. The number of aryl methyl sites for hydroxylation is 1. The largest absolute Gasteiger partial charge is 0.503 e. The monoisotopic (exact) mass is 452 g/mol. The minimum Gasteiger partial charge on any atom is -0.503 e. The van der Waals surface area contributed by atoms with Gasteiger partial charge >= 0.3 is 0 Å². The quantitative estimate of drug-likeness (QED) is 0.348. The lowest BCUT2D eigenvalue weighted by Gasteiger charge is -2.07. The highest BCUT2D eigenvalue weighted by Crippen LogP contribution is 2.45. The number of hydrogen-bond acceptors (Lipinski definition) is 8. The van der Waals surface area contributed by atoms with Crippen LogP contribution >= 0.6 is 22.7 Å². The van der Waals surface area contributed by atoms with Gasteiger partial charge < -0.3 is 19.4 Å². The fourth-order valence-corrected chi connectivity index (χ4v) is 5.06. The van der Waals surface area contributed by atoms with Crippen LogP contribution in [0.1, 0.15) is 21.9 Å². The molecule has 4 aromatic heterocycles. The third-order valence-electron chi connectivity index (χ3n) is 4.88. The second-order valence-electron chi connectivity index (χ2n) is 6.81. The summed E-state index contributed by atoms with van der Waals surface area (Å²) in [5, 5.41) is 25.7. The fourth-order valence-electron chi connectivity index (χ4n) is 3.42. The summed E-state index contributed by atoms with van der Waals surface area (Å²) in [5.41, 5.74) is 1.69. The Balaban J connectivity index is 1.77. The molecular formula is C22H16N2O5S2. The maximum Gasteiger partial charge on any atom is 0.242 e. The summed E-state index contributed by atoms with van der Waals surface area (Å²) in [4.78, 5) is 17.8. The Morgan fingerprint density at radius 1 is 1.19 bits per heavy atom. The second-order valence-corrected chi connectivity index (χ2v) is 8.60. The Hall–Kier alpha value is -3.56. The molecule has 0 unspecified atom stereocenters. The normalized spacial score (nSPS) is 11.3. The number of nitrogens with zero attached hydrogens (tertiary/aromatic N) is 2. The maximum atomic E-state index is 13.2. The lowest BCUT2D eigenvalue weighted by atomic mass is 10.1. The zero-order valence-electron chi connectivity index (χ0n) is 16.4. The van der Waals surface area contributed by atoms with Crippen LogP contribution < -0.4 is 4.74 Å². The van der Waals surface area contributed by atoms with Crippen LogP contribution in [-0.4, -0.2) is 32.7 Å². The molecule has 0 spiro atoms. The molecule has 1 aromatic carbocycles. The minimum atomic E-state index is -0.524. The van der Waals surface area contributed by atoms with Crippen LogP contribution in [0.3, 0.4) is 0 Å². The number of aromatic nitrogens is 2. The van der Waals surface area contributed by atoms with E-state index in [1.165, 1.54) is 27.2 Å². The van der Waals surface area contributed by atoms with Crippen LogP contribution in [0.25, 0.3) is 26.6 Å². The van der Waals surface area contributed by atoms with E-state index in [1.54, 1.807) is 32.2 Å². The molecule has 5 rings (SSSR count). The van der Waals surface area contributed by atoms with Crippen molar-refractivity contribution in [3.8, 4) is 33.8 Å². The lowest BCUT2D eigenvalue weighted by Crippen LogP contribution is -2.03. The van der Waals surface area contributed by atoms with Crippen molar-refractivity contribution in [2.75, 3.05) is 7.11 Å². The number of fused-ring (bicyclic) bond motifs is 1. The number of benzene rings is 1. The number of hydrogen-bond donors (Lipinski definition) is 2. The molecule has 0 amide bonds. The molecule has 5 aromatic rings. The van der Waals surface area contributed by atoms with Crippen LogP contribution in [0.2, 0.25) is 0 Å². The number of carbonyl (C=O) groups excluding carboxylic acids is 1. The SMILES string of the molecule is COc1ccc2nc(-n3c(O)c(O)c(C(=O)c4ccc(C)o4)c3-c3ccsc3)sc2c1. The Kier molecular flexibility index (Phi) is 4.57. The van der Waals surface area contributed by atoms with Gasteiger partial charge in [-0.15, -0.1) is 0 Å². The zero-order valence-corrected chi connectivity index (χ0v) is 18.1. The highest BCUT2D eigenvalue weighted by atomic mass is 32.1. The smallest absolute Gasteiger partial charge is 0.242 e. The van der Waals surface area contributed by atoms with Crippen molar-refractivity contribution in [2.24, 2.45) is 0 Å². The molecule has 0 saturated heterocycles. The van der Waals surface area contributed by atoms with Crippen molar-refractivity contribution in [1.29, 1.82) is 0 Å². The van der Waals surface area contributed by atoms with Gasteiger partial charge in [-0.1, -0.05) is 11.3 Å². The first-order valence-electron chi connectivity index (χ1n) is 9.23. The van der Waals surface area contributed by atoms with E-state index < -0.39 is 17.4 Å². The lowest BCUT2D eigenvalue weighted by molar-refractivity contribution is 0.101. The molecule has 9 heteroatoms. The van der Waals surface area contributed by atoms with Gasteiger partial charge in [0.15, 0.2) is 16.6 Å². The third-order valence-corrected chi connectivity index (χ3v) is 6.57. The van der Waals surface area contributed by atoms with Crippen LogP contribution in [0.15, 0.2) is 51.6 Å². The Morgan fingerprint density at radius 2 is 2.03 bits per heavy atom. The van der Waals surface area contributed by atoms with Crippen molar-refractivity contribution < 1.29 is 24.2 Å². The summed E-state index contributed by atoms with van der Waals surface area (Å²) >= 11 is 2.75. The van der Waals surface area contributed by atoms with E-state index in [9.17, 15) is 15.0 Å². The van der Waals surface area contributed by atoms with Gasteiger partial charge in [-0.2, -0.15) is 11.3 Å². The van der Waals surface area contributed by atoms with Gasteiger partial charge in [0.1, 0.15) is 11.5 Å². The molecule has 156 valence electrons. The molecule has 2 N–H and O–H groups in total. The molecule has 7 nitrogen and oxygen atoms in total. The predicted octanol–water partition coefficient (Wildman–Crippen LogP) is 5.37. The first-order valence-corrected chi connectivity index (χ1v) is 11.0.